The molecule has 0 amide bonds. The number of aliphatic hydroxyl groups is 3. The van der Waals surface area contributed by atoms with Crippen molar-refractivity contribution in [3.63, 3.8) is 0 Å². The van der Waals surface area contributed by atoms with Gasteiger partial charge in [-0.2, -0.15) is 0 Å². The van der Waals surface area contributed by atoms with Crippen LogP contribution in [0.4, 0.5) is 0 Å². The fraction of sp³-hybridized carbons (Fsp3) is 0.909. The van der Waals surface area contributed by atoms with Gasteiger partial charge in [0.25, 0.3) is 0 Å². The number of aliphatic carboxylic acids is 2. The van der Waals surface area contributed by atoms with Crippen molar-refractivity contribution in [1.82, 2.24) is 0 Å². The van der Waals surface area contributed by atoms with Crippen LogP contribution < -0.4 is 0 Å². The first-order chi connectivity index (χ1) is 13.9. The number of carboxylic acid groups (broad SMARTS) is 2. The van der Waals surface area contributed by atoms with Crippen molar-refractivity contribution in [2.45, 2.75) is 122 Å². The Kier molecular flexibility index (Phi) is 23.9. The van der Waals surface area contributed by atoms with Gasteiger partial charge in [-0.1, -0.05) is 103 Å². The largest absolute Gasteiger partial charge is 0.479 e. The highest BCUT2D eigenvalue weighted by Crippen LogP contribution is 2.13. The Morgan fingerprint density at radius 2 is 0.793 bits per heavy atom. The summed E-state index contributed by atoms with van der Waals surface area (Å²) in [5.41, 5.74) is 0. The number of aliphatic hydroxyl groups excluding tert-OH is 3. The molecule has 29 heavy (non-hydrogen) atoms. The van der Waals surface area contributed by atoms with Gasteiger partial charge < -0.3 is 25.5 Å². The van der Waals surface area contributed by atoms with Gasteiger partial charge in [-0.15, -0.1) is 0 Å². The van der Waals surface area contributed by atoms with E-state index in [1.54, 1.807) is 0 Å². The van der Waals surface area contributed by atoms with Crippen LogP contribution in [0.5, 0.6) is 0 Å². The molecule has 0 saturated carbocycles. The zero-order chi connectivity index (χ0) is 22.3. The summed E-state index contributed by atoms with van der Waals surface area (Å²) >= 11 is 0. The van der Waals surface area contributed by atoms with Crippen molar-refractivity contribution in [1.29, 1.82) is 0 Å². The quantitative estimate of drug-likeness (QED) is 0.198. The number of carbonyl (C=O) groups is 2. The van der Waals surface area contributed by atoms with Gasteiger partial charge in [0.15, 0.2) is 12.2 Å². The molecule has 0 rings (SSSR count). The number of hydrogen-bond donors (Lipinski definition) is 5. The van der Waals surface area contributed by atoms with E-state index in [2.05, 4.69) is 6.92 Å². The fourth-order valence-electron chi connectivity index (χ4n) is 2.93. The molecule has 0 heterocycles. The van der Waals surface area contributed by atoms with Crippen molar-refractivity contribution < 1.29 is 35.1 Å². The van der Waals surface area contributed by atoms with E-state index >= 15 is 0 Å². The van der Waals surface area contributed by atoms with Crippen molar-refractivity contribution in [2.24, 2.45) is 0 Å². The minimum atomic E-state index is -2.27. The van der Waals surface area contributed by atoms with Crippen molar-refractivity contribution in [3.05, 3.63) is 0 Å². The van der Waals surface area contributed by atoms with Gasteiger partial charge in [-0.3, -0.25) is 0 Å². The number of hydrogen-bond acceptors (Lipinski definition) is 5. The van der Waals surface area contributed by atoms with Gasteiger partial charge >= 0.3 is 11.9 Å². The molecular weight excluding hydrogens is 376 g/mol. The van der Waals surface area contributed by atoms with Crippen LogP contribution in [0.1, 0.15) is 110 Å². The van der Waals surface area contributed by atoms with Gasteiger partial charge in [0, 0.05) is 6.61 Å². The molecule has 0 aromatic rings. The Balaban J connectivity index is 0. The van der Waals surface area contributed by atoms with Gasteiger partial charge in [0.05, 0.1) is 0 Å². The lowest BCUT2D eigenvalue weighted by Crippen LogP contribution is -2.39. The van der Waals surface area contributed by atoms with E-state index in [-0.39, 0.29) is 0 Å². The third-order valence-electron chi connectivity index (χ3n) is 4.82. The van der Waals surface area contributed by atoms with Crippen LogP contribution in [0.2, 0.25) is 0 Å². The Labute approximate surface area is 176 Å². The van der Waals surface area contributed by atoms with E-state index in [1.165, 1.54) is 96.3 Å². The lowest BCUT2D eigenvalue weighted by Gasteiger charge is -2.07. The molecule has 7 heteroatoms. The summed E-state index contributed by atoms with van der Waals surface area (Å²) in [4.78, 5) is 19.5. The molecule has 2 atom stereocenters. The molecule has 0 fully saturated rings. The molecule has 0 spiro atoms. The Bertz CT molecular complexity index is 340. The van der Waals surface area contributed by atoms with Crippen LogP contribution in [0.3, 0.4) is 0 Å². The summed E-state index contributed by atoms with van der Waals surface area (Å²) < 4.78 is 0. The minimum absolute atomic E-state index is 0.373. The first-order valence-corrected chi connectivity index (χ1v) is 11.3. The van der Waals surface area contributed by atoms with Crippen molar-refractivity contribution in [2.75, 3.05) is 6.61 Å². The van der Waals surface area contributed by atoms with Crippen LogP contribution >= 0.6 is 0 Å². The molecule has 0 aliphatic rings. The molecule has 0 aromatic carbocycles. The van der Waals surface area contributed by atoms with Crippen LogP contribution in [0.25, 0.3) is 0 Å². The lowest BCUT2D eigenvalue weighted by molar-refractivity contribution is -0.165. The van der Waals surface area contributed by atoms with Gasteiger partial charge in [-0.05, 0) is 6.42 Å². The number of carboxylic acids is 2. The summed E-state index contributed by atoms with van der Waals surface area (Å²) in [6.07, 6.45) is 17.6. The van der Waals surface area contributed by atoms with E-state index in [0.717, 1.165) is 6.42 Å². The fourth-order valence-corrected chi connectivity index (χ4v) is 2.93. The normalized spacial score (nSPS) is 12.7. The topological polar surface area (TPSA) is 135 Å². The maximum Gasteiger partial charge on any atom is 0.335 e. The smallest absolute Gasteiger partial charge is 0.335 e. The Morgan fingerprint density at radius 1 is 0.552 bits per heavy atom. The minimum Gasteiger partial charge on any atom is -0.479 e. The van der Waals surface area contributed by atoms with Crippen molar-refractivity contribution >= 4 is 11.9 Å². The van der Waals surface area contributed by atoms with E-state index in [4.69, 9.17) is 25.5 Å². The second-order valence-corrected chi connectivity index (χ2v) is 7.59. The van der Waals surface area contributed by atoms with E-state index in [1.807, 2.05) is 0 Å². The van der Waals surface area contributed by atoms with Crippen LogP contribution in [-0.4, -0.2) is 56.3 Å². The molecule has 0 aromatic heterocycles. The van der Waals surface area contributed by atoms with Crippen LogP contribution in [-0.2, 0) is 9.59 Å². The van der Waals surface area contributed by atoms with Gasteiger partial charge in [0.2, 0.25) is 0 Å². The zero-order valence-electron chi connectivity index (χ0n) is 18.2. The summed E-state index contributed by atoms with van der Waals surface area (Å²) in [5.74, 6) is -3.54. The highest BCUT2D eigenvalue weighted by molar-refractivity contribution is 5.83. The van der Waals surface area contributed by atoms with E-state index in [0.29, 0.717) is 6.61 Å². The molecular formula is C22H44O7. The summed E-state index contributed by atoms with van der Waals surface area (Å²) in [5, 5.41) is 41.2. The predicted molar refractivity (Wildman–Crippen MR) is 114 cm³/mol. The van der Waals surface area contributed by atoms with Gasteiger partial charge in [-0.25, -0.2) is 9.59 Å². The standard InChI is InChI=1S/C18H38O.C4H6O6/c1-2-3-4-5-6-7-8-9-10-11-12-13-14-15-16-17-18-19;5-1(3(7)8)2(6)4(9)10/h19H,2-18H2,1H3;1-2,5-6H,(H,7,8)(H,9,10). The third kappa shape index (κ3) is 23.0. The molecule has 0 aliphatic heterocycles. The maximum atomic E-state index is 9.77. The summed E-state index contributed by atoms with van der Waals surface area (Å²) in [6.45, 7) is 2.66. The monoisotopic (exact) mass is 420 g/mol. The predicted octanol–water partition coefficient (Wildman–Crippen LogP) is 4.12. The SMILES string of the molecule is CCCCCCCCCCCCCCCCCCO.O=C(O)C(O)C(O)C(=O)O. The lowest BCUT2D eigenvalue weighted by atomic mass is 10.0. The molecule has 5 N–H and O–H groups in total. The second kappa shape index (κ2) is 23.1. The summed E-state index contributed by atoms with van der Waals surface area (Å²) in [7, 11) is 0. The maximum absolute atomic E-state index is 9.77. The average molecular weight is 421 g/mol. The van der Waals surface area contributed by atoms with Crippen LogP contribution in [0.15, 0.2) is 0 Å². The molecule has 0 aliphatic carbocycles. The zero-order valence-corrected chi connectivity index (χ0v) is 18.2. The molecule has 174 valence electrons. The van der Waals surface area contributed by atoms with Gasteiger partial charge in [0.1, 0.15) is 0 Å². The number of unbranched alkanes of at least 4 members (excludes halogenated alkanes) is 15. The van der Waals surface area contributed by atoms with Crippen LogP contribution in [0, 0.1) is 0 Å². The number of rotatable bonds is 19. The third-order valence-corrected chi connectivity index (χ3v) is 4.82. The Morgan fingerprint density at radius 3 is 1.00 bits per heavy atom. The first-order valence-electron chi connectivity index (χ1n) is 11.3. The summed E-state index contributed by atoms with van der Waals surface area (Å²) in [6, 6.07) is 0. The van der Waals surface area contributed by atoms with E-state index < -0.39 is 24.1 Å². The first kappa shape index (κ1) is 30.0. The molecule has 0 bridgehead atoms. The molecule has 2 unspecified atom stereocenters. The Hall–Kier alpha value is -1.18. The highest BCUT2D eigenvalue weighted by Gasteiger charge is 2.29. The second-order valence-electron chi connectivity index (χ2n) is 7.59. The highest BCUT2D eigenvalue weighted by atomic mass is 16.4. The average Bonchev–Trinajstić information content (AvgIpc) is 2.70. The van der Waals surface area contributed by atoms with Crippen molar-refractivity contribution in [3.8, 4) is 0 Å². The van der Waals surface area contributed by atoms with E-state index in [9.17, 15) is 9.59 Å². The molecule has 0 saturated heterocycles. The molecule has 7 nitrogen and oxygen atoms in total. The molecule has 0 radical (unpaired) electrons.